The summed E-state index contributed by atoms with van der Waals surface area (Å²) in [6.07, 6.45) is -0.623. The predicted octanol–water partition coefficient (Wildman–Crippen LogP) is 1.63. The Morgan fingerprint density at radius 1 is 1.33 bits per heavy atom. The maximum Gasteiger partial charge on any atom is 0.410 e. The van der Waals surface area contributed by atoms with Crippen molar-refractivity contribution in [2.75, 3.05) is 0 Å². The van der Waals surface area contributed by atoms with Crippen molar-refractivity contribution in [2.24, 2.45) is 5.73 Å². The molecule has 0 saturated heterocycles. The van der Waals surface area contributed by atoms with Gasteiger partial charge in [0.1, 0.15) is 5.60 Å². The van der Waals surface area contributed by atoms with E-state index in [1.54, 1.807) is 20.8 Å². The van der Waals surface area contributed by atoms with Crippen LogP contribution in [-0.4, -0.2) is 32.1 Å². The molecular weight excluding hydrogens is 286 g/mol. The molecule has 0 atom stereocenters. The summed E-state index contributed by atoms with van der Waals surface area (Å²) >= 11 is 0. The van der Waals surface area contributed by atoms with Gasteiger partial charge in [-0.1, -0.05) is 0 Å². The molecule has 116 valence electrons. The van der Waals surface area contributed by atoms with Gasteiger partial charge in [-0.25, -0.2) is 9.78 Å². The lowest BCUT2D eigenvalue weighted by molar-refractivity contribution is 0.0221. The summed E-state index contributed by atoms with van der Waals surface area (Å²) in [4.78, 5) is 28.1. The zero-order chi connectivity index (χ0) is 15.9. The van der Waals surface area contributed by atoms with Crippen LogP contribution < -0.4 is 5.73 Å². The van der Waals surface area contributed by atoms with Gasteiger partial charge in [-0.2, -0.15) is 8.78 Å². The number of hydrogen-bond acceptors (Lipinski definition) is 4. The second-order valence-corrected chi connectivity index (χ2v) is 5.68. The van der Waals surface area contributed by atoms with Crippen molar-refractivity contribution in [2.45, 2.75) is 46.0 Å². The van der Waals surface area contributed by atoms with E-state index in [-0.39, 0.29) is 24.5 Å². The number of hydrogen-bond donors (Lipinski definition) is 1. The fraction of sp³-hybridized carbons (Fsp3) is 0.583. The maximum absolute atomic E-state index is 13.1. The summed E-state index contributed by atoms with van der Waals surface area (Å²) in [6.45, 7) is 2.06. The van der Waals surface area contributed by atoms with Gasteiger partial charge in [-0.3, -0.25) is 14.3 Å². The number of primary amides is 1. The highest BCUT2D eigenvalue weighted by Crippen LogP contribution is 2.29. The average molecular weight is 302 g/mol. The molecule has 0 fully saturated rings. The molecule has 2 amide bonds. The molecule has 7 nitrogen and oxygen atoms in total. The van der Waals surface area contributed by atoms with E-state index in [0.717, 1.165) is 0 Å². The Bertz CT molecular complexity index is 592. The van der Waals surface area contributed by atoms with E-state index < -0.39 is 30.0 Å². The van der Waals surface area contributed by atoms with Crippen molar-refractivity contribution < 1.29 is 23.1 Å². The van der Waals surface area contributed by atoms with Gasteiger partial charge in [0.05, 0.1) is 24.5 Å². The first-order valence-electron chi connectivity index (χ1n) is 6.26. The summed E-state index contributed by atoms with van der Waals surface area (Å²) in [5, 5.41) is 0. The van der Waals surface area contributed by atoms with Gasteiger partial charge in [-0.15, -0.1) is 0 Å². The number of aromatic nitrogens is 2. The van der Waals surface area contributed by atoms with Gasteiger partial charge in [0.2, 0.25) is 5.82 Å². The number of carbonyl (C=O) groups excluding carboxylic acids is 2. The third-order valence-corrected chi connectivity index (χ3v) is 2.84. The molecule has 0 saturated carbocycles. The van der Waals surface area contributed by atoms with Crippen molar-refractivity contribution in [1.82, 2.24) is 14.5 Å². The van der Waals surface area contributed by atoms with E-state index in [9.17, 15) is 18.4 Å². The highest BCUT2D eigenvalue weighted by molar-refractivity contribution is 5.89. The molecule has 1 aliphatic heterocycles. The minimum atomic E-state index is -2.96. The van der Waals surface area contributed by atoms with Crippen LogP contribution in [0.2, 0.25) is 0 Å². The summed E-state index contributed by atoms with van der Waals surface area (Å²) in [6, 6.07) is 0. The van der Waals surface area contributed by atoms with Crippen LogP contribution in [0.3, 0.4) is 0 Å². The third-order valence-electron chi connectivity index (χ3n) is 2.84. The van der Waals surface area contributed by atoms with Gasteiger partial charge in [0, 0.05) is 0 Å². The number of carbonyl (C=O) groups is 2. The van der Waals surface area contributed by atoms with Crippen LogP contribution in [0, 0.1) is 0 Å². The number of rotatable bonds is 2. The first kappa shape index (κ1) is 15.2. The fourth-order valence-electron chi connectivity index (χ4n) is 2.06. The van der Waals surface area contributed by atoms with Crippen molar-refractivity contribution in [1.29, 1.82) is 0 Å². The second kappa shape index (κ2) is 4.97. The lowest BCUT2D eigenvalue weighted by Crippen LogP contribution is -2.34. The van der Waals surface area contributed by atoms with E-state index in [1.807, 2.05) is 0 Å². The van der Waals surface area contributed by atoms with Crippen molar-refractivity contribution in [3.05, 3.63) is 17.2 Å². The summed E-state index contributed by atoms with van der Waals surface area (Å²) in [7, 11) is 0. The first-order chi connectivity index (χ1) is 9.60. The number of fused-ring (bicyclic) bond motifs is 1. The minimum Gasteiger partial charge on any atom is -0.444 e. The molecule has 1 aromatic rings. The molecule has 0 unspecified atom stereocenters. The third kappa shape index (κ3) is 2.96. The number of imidazole rings is 1. The molecule has 0 aromatic carbocycles. The van der Waals surface area contributed by atoms with E-state index >= 15 is 0 Å². The Balaban J connectivity index is 2.24. The van der Waals surface area contributed by atoms with Gasteiger partial charge in [0.15, 0.2) is 0 Å². The Kier molecular flexibility index (Phi) is 3.60. The Morgan fingerprint density at radius 2 is 1.95 bits per heavy atom. The quantitative estimate of drug-likeness (QED) is 0.899. The average Bonchev–Trinajstić information content (AvgIpc) is 2.81. The summed E-state index contributed by atoms with van der Waals surface area (Å²) in [5.74, 6) is -1.53. The topological polar surface area (TPSA) is 90.5 Å². The Labute approximate surface area is 119 Å². The van der Waals surface area contributed by atoms with Crippen LogP contribution in [0.1, 0.15) is 49.3 Å². The molecule has 0 spiro atoms. The minimum absolute atomic E-state index is 0.00421. The highest BCUT2D eigenvalue weighted by atomic mass is 19.3. The van der Waals surface area contributed by atoms with Crippen LogP contribution in [0.15, 0.2) is 0 Å². The van der Waals surface area contributed by atoms with Crippen molar-refractivity contribution in [3.8, 4) is 0 Å². The molecular formula is C12H16F2N4O3. The molecule has 9 heteroatoms. The van der Waals surface area contributed by atoms with Gasteiger partial charge in [-0.05, 0) is 20.8 Å². The molecule has 0 radical (unpaired) electrons. The van der Waals surface area contributed by atoms with Crippen LogP contribution in [-0.2, 0) is 17.8 Å². The molecule has 0 aliphatic carbocycles. The highest BCUT2D eigenvalue weighted by Gasteiger charge is 2.35. The molecule has 2 heterocycles. The second-order valence-electron chi connectivity index (χ2n) is 5.68. The van der Waals surface area contributed by atoms with Crippen molar-refractivity contribution >= 4 is 12.0 Å². The van der Waals surface area contributed by atoms with Gasteiger partial charge < -0.3 is 10.5 Å². The number of nitrogens with two attached hydrogens (primary N) is 1. The van der Waals surface area contributed by atoms with E-state index in [4.69, 9.17) is 10.5 Å². The molecule has 1 aromatic heterocycles. The summed E-state index contributed by atoms with van der Waals surface area (Å²) in [5.41, 5.74) is 4.68. The van der Waals surface area contributed by atoms with Gasteiger partial charge in [0.25, 0.3) is 5.91 Å². The predicted molar refractivity (Wildman–Crippen MR) is 67.5 cm³/mol. The Morgan fingerprint density at radius 3 is 2.43 bits per heavy atom. The smallest absolute Gasteiger partial charge is 0.410 e. The molecule has 2 N–H and O–H groups in total. The Hall–Kier alpha value is -2.19. The fourth-order valence-corrected chi connectivity index (χ4v) is 2.06. The normalized spacial score (nSPS) is 14.5. The zero-order valence-electron chi connectivity index (χ0n) is 11.9. The van der Waals surface area contributed by atoms with Crippen molar-refractivity contribution in [3.63, 3.8) is 0 Å². The molecule has 1 aliphatic rings. The molecule has 0 bridgehead atoms. The van der Waals surface area contributed by atoms with E-state index in [2.05, 4.69) is 4.98 Å². The molecule has 2 rings (SSSR count). The molecule has 21 heavy (non-hydrogen) atoms. The number of halogens is 2. The standard InChI is InChI=1S/C12H16F2N4O3/c1-12(2,3)21-11(20)17-4-6-7(5-17)18(10(13)14)9(16-6)8(15)19/h10H,4-5H2,1-3H3,(H2,15,19). The largest absolute Gasteiger partial charge is 0.444 e. The lowest BCUT2D eigenvalue weighted by Gasteiger charge is -2.24. The maximum atomic E-state index is 13.1. The zero-order valence-corrected chi connectivity index (χ0v) is 11.9. The lowest BCUT2D eigenvalue weighted by atomic mass is 10.2. The number of alkyl halides is 2. The monoisotopic (exact) mass is 302 g/mol. The van der Waals surface area contributed by atoms with Crippen LogP contribution in [0.5, 0.6) is 0 Å². The van der Waals surface area contributed by atoms with E-state index in [0.29, 0.717) is 4.57 Å². The number of ether oxygens (including phenoxy) is 1. The van der Waals surface area contributed by atoms with Gasteiger partial charge >= 0.3 is 12.6 Å². The van der Waals surface area contributed by atoms with E-state index in [1.165, 1.54) is 4.90 Å². The summed E-state index contributed by atoms with van der Waals surface area (Å²) < 4.78 is 31.7. The van der Waals surface area contributed by atoms with Crippen LogP contribution in [0.25, 0.3) is 0 Å². The SMILES string of the molecule is CC(C)(C)OC(=O)N1Cc2nc(C(N)=O)n(C(F)F)c2C1. The number of nitrogens with zero attached hydrogens (tertiary/aromatic N) is 3. The van der Waals surface area contributed by atoms with Crippen LogP contribution in [0.4, 0.5) is 13.6 Å². The van der Waals surface area contributed by atoms with Crippen LogP contribution >= 0.6 is 0 Å². The first-order valence-corrected chi connectivity index (χ1v) is 6.26. The number of amides is 2.